The molecular formula is C19H27FN2O3S. The first-order valence-corrected chi connectivity index (χ1v) is 11.1. The molecule has 7 heteroatoms. The molecule has 1 aromatic carbocycles. The maximum Gasteiger partial charge on any atom is 0.234 e. The van der Waals surface area contributed by atoms with Gasteiger partial charge < -0.3 is 5.32 Å². The van der Waals surface area contributed by atoms with Gasteiger partial charge in [-0.1, -0.05) is 25.0 Å². The number of sulfone groups is 1. The molecule has 5 nitrogen and oxygen atoms in total. The molecule has 3 rings (SSSR count). The highest BCUT2D eigenvalue weighted by Crippen LogP contribution is 2.40. The third kappa shape index (κ3) is 4.43. The van der Waals surface area contributed by atoms with Crippen molar-refractivity contribution in [3.63, 3.8) is 0 Å². The molecule has 1 unspecified atom stereocenters. The number of rotatable bonds is 6. The van der Waals surface area contributed by atoms with Gasteiger partial charge in [0, 0.05) is 18.0 Å². The Morgan fingerprint density at radius 2 is 1.92 bits per heavy atom. The molecule has 1 aromatic rings. The van der Waals surface area contributed by atoms with Crippen molar-refractivity contribution < 1.29 is 17.6 Å². The molecular weight excluding hydrogens is 355 g/mol. The third-order valence-corrected chi connectivity index (χ3v) is 7.62. The van der Waals surface area contributed by atoms with Crippen molar-refractivity contribution in [3.05, 3.63) is 35.6 Å². The Kier molecular flexibility index (Phi) is 5.67. The van der Waals surface area contributed by atoms with E-state index in [2.05, 4.69) is 5.32 Å². The average molecular weight is 383 g/mol. The van der Waals surface area contributed by atoms with Gasteiger partial charge in [-0.05, 0) is 44.0 Å². The lowest BCUT2D eigenvalue weighted by Gasteiger charge is -2.31. The van der Waals surface area contributed by atoms with Crippen LogP contribution >= 0.6 is 0 Å². The highest BCUT2D eigenvalue weighted by molar-refractivity contribution is 7.91. The molecule has 0 aromatic heterocycles. The smallest absolute Gasteiger partial charge is 0.234 e. The quantitative estimate of drug-likeness (QED) is 0.816. The molecule has 1 aliphatic heterocycles. The number of likely N-dealkylation sites (N-methyl/N-ethyl adjacent to an activating group) is 1. The molecule has 1 atom stereocenters. The first-order chi connectivity index (χ1) is 12.3. The largest absolute Gasteiger partial charge is 0.354 e. The number of nitrogens with one attached hydrogen (secondary N) is 1. The minimum absolute atomic E-state index is 0.0803. The van der Waals surface area contributed by atoms with E-state index < -0.39 is 9.84 Å². The summed E-state index contributed by atoms with van der Waals surface area (Å²) in [5.74, 6) is -0.00241. The second-order valence-electron chi connectivity index (χ2n) is 7.74. The van der Waals surface area contributed by atoms with E-state index in [1.165, 1.54) is 12.1 Å². The normalized spacial score (nSPS) is 24.0. The number of halogens is 1. The predicted octanol–water partition coefficient (Wildman–Crippen LogP) is 1.87. The van der Waals surface area contributed by atoms with Crippen molar-refractivity contribution in [2.45, 2.75) is 43.6 Å². The summed E-state index contributed by atoms with van der Waals surface area (Å²) in [7, 11) is -1.15. The first-order valence-electron chi connectivity index (χ1n) is 9.23. The molecule has 0 radical (unpaired) electrons. The number of amides is 1. The predicted molar refractivity (Wildman–Crippen MR) is 99.2 cm³/mol. The lowest BCUT2D eigenvalue weighted by molar-refractivity contribution is -0.122. The van der Waals surface area contributed by atoms with E-state index in [0.717, 1.165) is 31.2 Å². The van der Waals surface area contributed by atoms with Crippen LogP contribution in [0.1, 0.15) is 37.7 Å². The summed E-state index contributed by atoms with van der Waals surface area (Å²) in [5.41, 5.74) is 0.950. The molecule has 144 valence electrons. The Morgan fingerprint density at radius 1 is 1.27 bits per heavy atom. The monoisotopic (exact) mass is 382 g/mol. The van der Waals surface area contributed by atoms with Gasteiger partial charge in [0.15, 0.2) is 9.84 Å². The van der Waals surface area contributed by atoms with Crippen LogP contribution in [0, 0.1) is 5.82 Å². The van der Waals surface area contributed by atoms with Gasteiger partial charge in [0.1, 0.15) is 5.82 Å². The van der Waals surface area contributed by atoms with Crippen molar-refractivity contribution >= 4 is 15.7 Å². The summed E-state index contributed by atoms with van der Waals surface area (Å²) in [4.78, 5) is 14.2. The van der Waals surface area contributed by atoms with E-state index in [9.17, 15) is 17.6 Å². The number of benzene rings is 1. The summed E-state index contributed by atoms with van der Waals surface area (Å²) in [5, 5.41) is 3.03. The highest BCUT2D eigenvalue weighted by atomic mass is 32.2. The molecule has 1 N–H and O–H groups in total. The van der Waals surface area contributed by atoms with E-state index in [1.54, 1.807) is 7.05 Å². The van der Waals surface area contributed by atoms with Crippen molar-refractivity contribution in [1.82, 2.24) is 10.2 Å². The van der Waals surface area contributed by atoms with Crippen LogP contribution in [0.2, 0.25) is 0 Å². The fourth-order valence-corrected chi connectivity index (χ4v) is 6.03. The van der Waals surface area contributed by atoms with Gasteiger partial charge >= 0.3 is 0 Å². The number of nitrogens with zero attached hydrogens (tertiary/aromatic N) is 1. The topological polar surface area (TPSA) is 66.5 Å². The van der Waals surface area contributed by atoms with Gasteiger partial charge in [-0.3, -0.25) is 9.69 Å². The zero-order valence-corrected chi connectivity index (χ0v) is 16.0. The number of hydrogen-bond acceptors (Lipinski definition) is 4. The zero-order valence-electron chi connectivity index (χ0n) is 15.2. The van der Waals surface area contributed by atoms with E-state index in [-0.39, 0.29) is 41.2 Å². The number of carbonyl (C=O) groups is 1. The number of hydrogen-bond donors (Lipinski definition) is 1. The van der Waals surface area contributed by atoms with Crippen LogP contribution in [0.25, 0.3) is 0 Å². The zero-order chi connectivity index (χ0) is 18.8. The van der Waals surface area contributed by atoms with Crippen molar-refractivity contribution in [3.8, 4) is 0 Å². The van der Waals surface area contributed by atoms with E-state index in [4.69, 9.17) is 0 Å². The molecule has 0 spiro atoms. The van der Waals surface area contributed by atoms with Crippen LogP contribution in [0.15, 0.2) is 24.3 Å². The lowest BCUT2D eigenvalue weighted by atomic mass is 9.79. The second kappa shape index (κ2) is 7.64. The van der Waals surface area contributed by atoms with Gasteiger partial charge in [0.25, 0.3) is 0 Å². The highest BCUT2D eigenvalue weighted by Gasteiger charge is 2.36. The fourth-order valence-electron chi connectivity index (χ4n) is 4.23. The molecule has 2 fully saturated rings. The maximum absolute atomic E-state index is 13.2. The Balaban J connectivity index is 1.57. The van der Waals surface area contributed by atoms with Crippen LogP contribution in [0.5, 0.6) is 0 Å². The van der Waals surface area contributed by atoms with Crippen LogP contribution in [-0.4, -0.2) is 56.9 Å². The van der Waals surface area contributed by atoms with Gasteiger partial charge in [-0.25, -0.2) is 12.8 Å². The molecule has 1 amide bonds. The van der Waals surface area contributed by atoms with Gasteiger partial charge in [0.2, 0.25) is 5.91 Å². The summed E-state index contributed by atoms with van der Waals surface area (Å²) in [6.45, 7) is 0.730. The van der Waals surface area contributed by atoms with Crippen LogP contribution in [0.4, 0.5) is 4.39 Å². The molecule has 1 aliphatic carbocycles. The Morgan fingerprint density at radius 3 is 2.50 bits per heavy atom. The lowest BCUT2D eigenvalue weighted by Crippen LogP contribution is -2.45. The SMILES string of the molecule is CN(CC(=O)NCC1(c2ccc(F)cc2)CCCC1)C1CCS(=O)(=O)C1. The fraction of sp³-hybridized carbons (Fsp3) is 0.632. The van der Waals surface area contributed by atoms with Crippen LogP contribution < -0.4 is 5.32 Å². The molecule has 0 bridgehead atoms. The number of carbonyl (C=O) groups excluding carboxylic acids is 1. The van der Waals surface area contributed by atoms with E-state index >= 15 is 0 Å². The first kappa shape index (κ1) is 19.3. The average Bonchev–Trinajstić information content (AvgIpc) is 3.21. The Labute approximate surface area is 154 Å². The van der Waals surface area contributed by atoms with Crippen LogP contribution in [-0.2, 0) is 20.0 Å². The van der Waals surface area contributed by atoms with Gasteiger partial charge in [0.05, 0.1) is 18.1 Å². The Hall–Kier alpha value is -1.47. The van der Waals surface area contributed by atoms with Crippen LogP contribution in [0.3, 0.4) is 0 Å². The van der Waals surface area contributed by atoms with E-state index in [0.29, 0.717) is 13.0 Å². The molecule has 2 aliphatic rings. The molecule has 1 heterocycles. The summed E-state index contributed by atoms with van der Waals surface area (Å²) < 4.78 is 36.4. The molecule has 1 saturated carbocycles. The minimum Gasteiger partial charge on any atom is -0.354 e. The van der Waals surface area contributed by atoms with E-state index in [1.807, 2.05) is 17.0 Å². The Bertz CT molecular complexity index is 743. The van der Waals surface area contributed by atoms with Gasteiger partial charge in [-0.15, -0.1) is 0 Å². The maximum atomic E-state index is 13.2. The third-order valence-electron chi connectivity index (χ3n) is 5.87. The summed E-state index contributed by atoms with van der Waals surface area (Å²) in [6.07, 6.45) is 4.76. The minimum atomic E-state index is -2.96. The molecule has 1 saturated heterocycles. The van der Waals surface area contributed by atoms with Crippen molar-refractivity contribution in [2.75, 3.05) is 31.6 Å². The van der Waals surface area contributed by atoms with Crippen molar-refractivity contribution in [2.24, 2.45) is 0 Å². The van der Waals surface area contributed by atoms with Crippen molar-refractivity contribution in [1.29, 1.82) is 0 Å². The second-order valence-corrected chi connectivity index (χ2v) is 9.97. The summed E-state index contributed by atoms with van der Waals surface area (Å²) in [6, 6.07) is 6.52. The summed E-state index contributed by atoms with van der Waals surface area (Å²) >= 11 is 0. The van der Waals surface area contributed by atoms with Gasteiger partial charge in [-0.2, -0.15) is 0 Å². The molecule has 26 heavy (non-hydrogen) atoms. The standard InChI is InChI=1S/C19H27FN2O3S/c1-22(17-8-11-26(24,25)13-17)12-18(23)21-14-19(9-2-3-10-19)15-4-6-16(20)7-5-15/h4-7,17H,2-3,8-14H2,1H3,(H,21,23).